The van der Waals surface area contributed by atoms with E-state index in [-0.39, 0.29) is 34.9 Å². The molecule has 0 saturated heterocycles. The molecule has 8 nitrogen and oxygen atoms in total. The van der Waals surface area contributed by atoms with Crippen LogP contribution in [0.4, 0.5) is 5.00 Å². The first-order valence-corrected chi connectivity index (χ1v) is 9.20. The second-order valence-electron chi connectivity index (χ2n) is 5.96. The lowest BCUT2D eigenvalue weighted by molar-refractivity contribution is -0.146. The lowest BCUT2D eigenvalue weighted by Crippen LogP contribution is -2.34. The highest BCUT2D eigenvalue weighted by molar-refractivity contribution is 7.18. The fraction of sp³-hybridized carbons (Fsp3) is 0.444. The van der Waals surface area contributed by atoms with Crippen molar-refractivity contribution in [2.24, 2.45) is 11.8 Å². The van der Waals surface area contributed by atoms with Gasteiger partial charge in [0.15, 0.2) is 0 Å². The summed E-state index contributed by atoms with van der Waals surface area (Å²) in [4.78, 5) is 48.6. The highest BCUT2D eigenvalue weighted by Crippen LogP contribution is 2.36. The first-order chi connectivity index (χ1) is 12.8. The molecule has 9 heteroatoms. The van der Waals surface area contributed by atoms with Crippen LogP contribution in [-0.2, 0) is 19.1 Å². The number of allylic oxidation sites excluding steroid dienone is 2. The molecule has 2 rings (SSSR count). The summed E-state index contributed by atoms with van der Waals surface area (Å²) in [5, 5.41) is 12.1. The van der Waals surface area contributed by atoms with Crippen molar-refractivity contribution in [2.45, 2.75) is 26.7 Å². The van der Waals surface area contributed by atoms with E-state index in [1.54, 1.807) is 26.0 Å². The van der Waals surface area contributed by atoms with Crippen molar-refractivity contribution < 1.29 is 33.8 Å². The Balaban J connectivity index is 2.36. The lowest BCUT2D eigenvalue weighted by atomic mass is 9.82. The molecule has 0 radical (unpaired) electrons. The molecule has 2 atom stereocenters. The molecule has 0 bridgehead atoms. The Bertz CT molecular complexity index is 796. The largest absolute Gasteiger partial charge is 0.481 e. The standard InChI is InChI=1S/C18H21NO7S/c1-4-26-18(24)13-9(2)12(17(23)25-3)15(27-13)19-14(20)10-7-5-6-8-11(10)16(21)22/h5-6,10-11H,4,7-8H2,1-3H3,(H,19,20)(H,21,22)/t10-,11-/m1/s1. The first-order valence-electron chi connectivity index (χ1n) is 8.39. The number of rotatable bonds is 6. The third-order valence-electron chi connectivity index (χ3n) is 4.32. The second-order valence-corrected chi connectivity index (χ2v) is 6.98. The van der Waals surface area contributed by atoms with Gasteiger partial charge < -0.3 is 19.9 Å². The Hall–Kier alpha value is -2.68. The number of methoxy groups -OCH3 is 1. The molecule has 1 amide bonds. The highest BCUT2D eigenvalue weighted by Gasteiger charge is 2.35. The number of thiophene rings is 1. The van der Waals surface area contributed by atoms with E-state index in [1.165, 1.54) is 7.11 Å². The molecule has 1 aromatic heterocycles. The van der Waals surface area contributed by atoms with Crippen molar-refractivity contribution in [3.63, 3.8) is 0 Å². The van der Waals surface area contributed by atoms with E-state index in [0.29, 0.717) is 5.56 Å². The number of hydrogen-bond donors (Lipinski definition) is 2. The van der Waals surface area contributed by atoms with E-state index in [1.807, 2.05) is 0 Å². The number of nitrogens with one attached hydrogen (secondary N) is 1. The summed E-state index contributed by atoms with van der Waals surface area (Å²) in [7, 11) is 1.20. The van der Waals surface area contributed by atoms with Crippen LogP contribution in [0.1, 0.15) is 45.4 Å². The van der Waals surface area contributed by atoms with Gasteiger partial charge in [0.2, 0.25) is 5.91 Å². The van der Waals surface area contributed by atoms with E-state index < -0.39 is 35.7 Å². The Kier molecular flexibility index (Phi) is 6.73. The molecule has 0 aromatic carbocycles. The average molecular weight is 395 g/mol. The number of hydrogen-bond acceptors (Lipinski definition) is 7. The number of aliphatic carboxylic acids is 1. The molecule has 0 unspecified atom stereocenters. The third-order valence-corrected chi connectivity index (χ3v) is 5.51. The summed E-state index contributed by atoms with van der Waals surface area (Å²) in [6.07, 6.45) is 4.03. The molecule has 2 N–H and O–H groups in total. The fourth-order valence-electron chi connectivity index (χ4n) is 2.92. The quantitative estimate of drug-likeness (QED) is 0.561. The maximum absolute atomic E-state index is 12.7. The van der Waals surface area contributed by atoms with Crippen LogP contribution < -0.4 is 5.32 Å². The van der Waals surface area contributed by atoms with Gasteiger partial charge in [0.05, 0.1) is 31.1 Å². The van der Waals surface area contributed by atoms with Crippen LogP contribution in [0.25, 0.3) is 0 Å². The molecule has 27 heavy (non-hydrogen) atoms. The molecule has 1 heterocycles. The van der Waals surface area contributed by atoms with Crippen molar-refractivity contribution in [2.75, 3.05) is 19.0 Å². The van der Waals surface area contributed by atoms with Gasteiger partial charge in [0.25, 0.3) is 0 Å². The SMILES string of the molecule is CCOC(=O)c1sc(NC(=O)[C@@H]2CC=CC[C@H]2C(=O)O)c(C(=O)OC)c1C. The van der Waals surface area contributed by atoms with Crippen molar-refractivity contribution in [3.05, 3.63) is 28.2 Å². The smallest absolute Gasteiger partial charge is 0.348 e. The van der Waals surface area contributed by atoms with Gasteiger partial charge in [-0.15, -0.1) is 11.3 Å². The first kappa shape index (κ1) is 20.6. The molecule has 1 aliphatic carbocycles. The minimum Gasteiger partial charge on any atom is -0.481 e. The van der Waals surface area contributed by atoms with Gasteiger partial charge in [-0.25, -0.2) is 9.59 Å². The molecular formula is C18H21NO7S. The summed E-state index contributed by atoms with van der Waals surface area (Å²) < 4.78 is 9.74. The van der Waals surface area contributed by atoms with Gasteiger partial charge in [-0.2, -0.15) is 0 Å². The number of amides is 1. The number of ether oxygens (including phenoxy) is 2. The summed E-state index contributed by atoms with van der Waals surface area (Å²) in [6, 6.07) is 0. The average Bonchev–Trinajstić information content (AvgIpc) is 2.97. The summed E-state index contributed by atoms with van der Waals surface area (Å²) in [6.45, 7) is 3.39. The maximum Gasteiger partial charge on any atom is 0.348 e. The van der Waals surface area contributed by atoms with Crippen LogP contribution in [0.5, 0.6) is 0 Å². The zero-order valence-corrected chi connectivity index (χ0v) is 16.1. The van der Waals surface area contributed by atoms with E-state index in [4.69, 9.17) is 9.47 Å². The van der Waals surface area contributed by atoms with E-state index >= 15 is 0 Å². The van der Waals surface area contributed by atoms with Crippen LogP contribution in [0.3, 0.4) is 0 Å². The van der Waals surface area contributed by atoms with Crippen LogP contribution in [0.15, 0.2) is 12.2 Å². The minimum absolute atomic E-state index is 0.0668. The van der Waals surface area contributed by atoms with Gasteiger partial charge in [-0.05, 0) is 32.3 Å². The molecule has 1 aliphatic rings. The molecule has 146 valence electrons. The Labute approximate surface area is 160 Å². The Morgan fingerprint density at radius 3 is 2.37 bits per heavy atom. The van der Waals surface area contributed by atoms with E-state index in [0.717, 1.165) is 11.3 Å². The topological polar surface area (TPSA) is 119 Å². The van der Waals surface area contributed by atoms with Crippen LogP contribution in [0.2, 0.25) is 0 Å². The number of carbonyl (C=O) groups is 4. The summed E-state index contributed by atoms with van der Waals surface area (Å²) >= 11 is 0.907. The van der Waals surface area contributed by atoms with Gasteiger partial charge in [-0.3, -0.25) is 9.59 Å². The zero-order valence-electron chi connectivity index (χ0n) is 15.2. The second kappa shape index (κ2) is 8.81. The van der Waals surface area contributed by atoms with Crippen LogP contribution >= 0.6 is 11.3 Å². The van der Waals surface area contributed by atoms with E-state index in [9.17, 15) is 24.3 Å². The monoisotopic (exact) mass is 395 g/mol. The van der Waals surface area contributed by atoms with Crippen molar-refractivity contribution in [1.29, 1.82) is 0 Å². The van der Waals surface area contributed by atoms with Crippen LogP contribution in [0, 0.1) is 18.8 Å². The normalized spacial score (nSPS) is 18.6. The van der Waals surface area contributed by atoms with Gasteiger partial charge in [-0.1, -0.05) is 12.2 Å². The van der Waals surface area contributed by atoms with Crippen molar-refractivity contribution in [3.8, 4) is 0 Å². The molecule has 1 aromatic rings. The number of anilines is 1. The van der Waals surface area contributed by atoms with E-state index in [2.05, 4.69) is 5.32 Å². The predicted molar refractivity (Wildman–Crippen MR) is 98.0 cm³/mol. The molecular weight excluding hydrogens is 374 g/mol. The highest BCUT2D eigenvalue weighted by atomic mass is 32.1. The number of esters is 2. The molecule has 0 fully saturated rings. The van der Waals surface area contributed by atoms with Gasteiger partial charge in [0, 0.05) is 0 Å². The van der Waals surface area contributed by atoms with Crippen molar-refractivity contribution in [1.82, 2.24) is 0 Å². The van der Waals surface area contributed by atoms with Gasteiger partial charge >= 0.3 is 17.9 Å². The van der Waals surface area contributed by atoms with Gasteiger partial charge in [0.1, 0.15) is 9.88 Å². The zero-order chi connectivity index (χ0) is 20.1. The molecule has 0 spiro atoms. The van der Waals surface area contributed by atoms with Crippen LogP contribution in [-0.4, -0.2) is 42.6 Å². The lowest BCUT2D eigenvalue weighted by Gasteiger charge is -2.24. The predicted octanol–water partition coefficient (Wildman–Crippen LogP) is 2.63. The third kappa shape index (κ3) is 4.36. The Morgan fingerprint density at radius 1 is 1.19 bits per heavy atom. The summed E-state index contributed by atoms with van der Waals surface area (Å²) in [5.74, 6) is -4.49. The number of carboxylic acid groups (broad SMARTS) is 1. The Morgan fingerprint density at radius 2 is 1.81 bits per heavy atom. The minimum atomic E-state index is -1.05. The molecule has 0 aliphatic heterocycles. The summed E-state index contributed by atoms with van der Waals surface area (Å²) in [5.41, 5.74) is 0.413. The number of carboxylic acids is 1. The maximum atomic E-state index is 12.7. The fourth-order valence-corrected chi connectivity index (χ4v) is 4.01. The van der Waals surface area contributed by atoms with Crippen molar-refractivity contribution >= 4 is 40.2 Å². The molecule has 0 saturated carbocycles. The number of carbonyl (C=O) groups excluding carboxylic acids is 3.